The standard InChI is InChI=1S/C19H23N3/c20-15-7-9-16(10-8-15)22-13-3-12-21-19-17-5-2-1-4-14(17)6-11-18(19)22/h6-11,21H,1-5,12-13,20H2. The number of nitrogens with zero attached hydrogens (tertiary/aromatic N) is 1. The van der Waals surface area contributed by atoms with E-state index in [1.807, 2.05) is 12.1 Å². The van der Waals surface area contributed by atoms with E-state index in [9.17, 15) is 0 Å². The van der Waals surface area contributed by atoms with Crippen LogP contribution >= 0.6 is 0 Å². The lowest BCUT2D eigenvalue weighted by Crippen LogP contribution is -2.18. The predicted octanol–water partition coefficient (Wildman–Crippen LogP) is 4.10. The first-order valence-corrected chi connectivity index (χ1v) is 8.34. The Kier molecular flexibility index (Phi) is 3.41. The zero-order valence-electron chi connectivity index (χ0n) is 12.9. The molecule has 4 rings (SSSR count). The van der Waals surface area contributed by atoms with Crippen molar-refractivity contribution in [3.05, 3.63) is 47.5 Å². The molecule has 0 saturated heterocycles. The quantitative estimate of drug-likeness (QED) is 0.778. The number of rotatable bonds is 1. The van der Waals surface area contributed by atoms with Crippen LogP contribution in [-0.4, -0.2) is 13.1 Å². The van der Waals surface area contributed by atoms with E-state index in [0.717, 1.165) is 25.2 Å². The average Bonchev–Trinajstić information content (AvgIpc) is 2.78. The molecule has 3 N–H and O–H groups in total. The molecule has 2 aromatic carbocycles. The van der Waals surface area contributed by atoms with Gasteiger partial charge in [0, 0.05) is 24.5 Å². The second-order valence-corrected chi connectivity index (χ2v) is 6.33. The van der Waals surface area contributed by atoms with Crippen LogP contribution in [0.5, 0.6) is 0 Å². The zero-order valence-corrected chi connectivity index (χ0v) is 12.9. The number of benzene rings is 2. The molecule has 1 aliphatic heterocycles. The molecule has 2 aromatic rings. The third-order valence-electron chi connectivity index (χ3n) is 4.87. The summed E-state index contributed by atoms with van der Waals surface area (Å²) in [6.07, 6.45) is 6.22. The summed E-state index contributed by atoms with van der Waals surface area (Å²) in [5, 5.41) is 3.70. The van der Waals surface area contributed by atoms with Crippen LogP contribution in [0.3, 0.4) is 0 Å². The Morgan fingerprint density at radius 1 is 0.909 bits per heavy atom. The van der Waals surface area contributed by atoms with E-state index < -0.39 is 0 Å². The van der Waals surface area contributed by atoms with E-state index in [1.54, 1.807) is 5.56 Å². The summed E-state index contributed by atoms with van der Waals surface area (Å²) in [5.74, 6) is 0. The second kappa shape index (κ2) is 5.56. The van der Waals surface area contributed by atoms with Gasteiger partial charge in [-0.05, 0) is 73.6 Å². The molecule has 0 aromatic heterocycles. The maximum atomic E-state index is 5.84. The Hall–Kier alpha value is -2.16. The molecule has 1 heterocycles. The van der Waals surface area contributed by atoms with E-state index in [-0.39, 0.29) is 0 Å². The summed E-state index contributed by atoms with van der Waals surface area (Å²) in [5.41, 5.74) is 13.7. The maximum absolute atomic E-state index is 5.84. The Balaban J connectivity index is 1.81. The minimum absolute atomic E-state index is 0.822. The summed E-state index contributed by atoms with van der Waals surface area (Å²) in [6, 6.07) is 12.9. The van der Waals surface area contributed by atoms with Gasteiger partial charge in [-0.15, -0.1) is 0 Å². The molecule has 1 aliphatic carbocycles. The number of aryl methyl sites for hydroxylation is 1. The number of nitrogens with two attached hydrogens (primary N) is 1. The van der Waals surface area contributed by atoms with Crippen molar-refractivity contribution >= 4 is 22.7 Å². The molecule has 3 heteroatoms. The molecule has 0 atom stereocenters. The number of anilines is 4. The first-order valence-electron chi connectivity index (χ1n) is 8.34. The van der Waals surface area contributed by atoms with Crippen LogP contribution in [0.1, 0.15) is 30.4 Å². The van der Waals surface area contributed by atoms with Crippen LogP contribution < -0.4 is 16.0 Å². The largest absolute Gasteiger partial charge is 0.399 e. The summed E-state index contributed by atoms with van der Waals surface area (Å²) in [6.45, 7) is 2.09. The Morgan fingerprint density at radius 3 is 2.59 bits per heavy atom. The normalized spacial score (nSPS) is 17.2. The van der Waals surface area contributed by atoms with Gasteiger partial charge in [0.05, 0.1) is 11.4 Å². The summed E-state index contributed by atoms with van der Waals surface area (Å²) < 4.78 is 0. The smallest absolute Gasteiger partial charge is 0.0649 e. The molecule has 0 bridgehead atoms. The molecule has 0 fully saturated rings. The summed E-state index contributed by atoms with van der Waals surface area (Å²) in [4.78, 5) is 2.43. The van der Waals surface area contributed by atoms with Gasteiger partial charge in [0.15, 0.2) is 0 Å². The zero-order chi connectivity index (χ0) is 14.9. The van der Waals surface area contributed by atoms with Gasteiger partial charge in [-0.3, -0.25) is 0 Å². The lowest BCUT2D eigenvalue weighted by Gasteiger charge is -2.28. The van der Waals surface area contributed by atoms with Crippen molar-refractivity contribution < 1.29 is 0 Å². The third kappa shape index (κ3) is 2.31. The van der Waals surface area contributed by atoms with Crippen molar-refractivity contribution in [1.82, 2.24) is 0 Å². The fourth-order valence-corrected chi connectivity index (χ4v) is 3.73. The van der Waals surface area contributed by atoms with Crippen molar-refractivity contribution in [3.8, 4) is 0 Å². The van der Waals surface area contributed by atoms with Crippen LogP contribution in [0.25, 0.3) is 0 Å². The minimum atomic E-state index is 0.822. The molecule has 2 aliphatic rings. The first-order chi connectivity index (χ1) is 10.8. The Labute approximate surface area is 132 Å². The van der Waals surface area contributed by atoms with Crippen molar-refractivity contribution in [2.75, 3.05) is 29.0 Å². The van der Waals surface area contributed by atoms with Crippen LogP contribution in [0.4, 0.5) is 22.7 Å². The molecular formula is C19H23N3. The SMILES string of the molecule is Nc1ccc(N2CCCNc3c2ccc2c3CCCC2)cc1. The summed E-state index contributed by atoms with van der Waals surface area (Å²) in [7, 11) is 0. The van der Waals surface area contributed by atoms with Crippen LogP contribution in [-0.2, 0) is 12.8 Å². The van der Waals surface area contributed by atoms with Crippen molar-refractivity contribution in [3.63, 3.8) is 0 Å². The fourth-order valence-electron chi connectivity index (χ4n) is 3.73. The molecule has 0 amide bonds. The first kappa shape index (κ1) is 13.5. The highest BCUT2D eigenvalue weighted by Gasteiger charge is 2.22. The second-order valence-electron chi connectivity index (χ2n) is 6.33. The van der Waals surface area contributed by atoms with Crippen molar-refractivity contribution in [1.29, 1.82) is 0 Å². The van der Waals surface area contributed by atoms with Crippen molar-refractivity contribution in [2.45, 2.75) is 32.1 Å². The van der Waals surface area contributed by atoms with Gasteiger partial charge in [-0.25, -0.2) is 0 Å². The predicted molar refractivity (Wildman–Crippen MR) is 94.1 cm³/mol. The van der Waals surface area contributed by atoms with Crippen LogP contribution in [0.2, 0.25) is 0 Å². The van der Waals surface area contributed by atoms with Crippen molar-refractivity contribution in [2.24, 2.45) is 0 Å². The highest BCUT2D eigenvalue weighted by atomic mass is 15.2. The van der Waals surface area contributed by atoms with E-state index in [0.29, 0.717) is 0 Å². The average molecular weight is 293 g/mol. The number of hydrogen-bond donors (Lipinski definition) is 2. The fraction of sp³-hybridized carbons (Fsp3) is 0.368. The summed E-state index contributed by atoms with van der Waals surface area (Å²) >= 11 is 0. The number of nitrogens with one attached hydrogen (secondary N) is 1. The van der Waals surface area contributed by atoms with E-state index >= 15 is 0 Å². The molecular weight excluding hydrogens is 270 g/mol. The van der Waals surface area contributed by atoms with Gasteiger partial charge in [-0.2, -0.15) is 0 Å². The van der Waals surface area contributed by atoms with Gasteiger partial charge in [0.2, 0.25) is 0 Å². The lowest BCUT2D eigenvalue weighted by atomic mass is 9.89. The number of fused-ring (bicyclic) bond motifs is 3. The molecule has 0 spiro atoms. The molecule has 0 radical (unpaired) electrons. The number of nitrogen functional groups attached to an aromatic ring is 1. The van der Waals surface area contributed by atoms with E-state index in [1.165, 1.54) is 48.3 Å². The Bertz CT molecular complexity index is 676. The molecule has 22 heavy (non-hydrogen) atoms. The third-order valence-corrected chi connectivity index (χ3v) is 4.87. The van der Waals surface area contributed by atoms with Gasteiger partial charge < -0.3 is 16.0 Å². The minimum Gasteiger partial charge on any atom is -0.399 e. The molecule has 0 saturated carbocycles. The Morgan fingerprint density at radius 2 is 1.73 bits per heavy atom. The van der Waals surface area contributed by atoms with Crippen LogP contribution in [0, 0.1) is 0 Å². The monoisotopic (exact) mass is 293 g/mol. The lowest BCUT2D eigenvalue weighted by molar-refractivity contribution is 0.686. The highest BCUT2D eigenvalue weighted by Crippen LogP contribution is 2.40. The van der Waals surface area contributed by atoms with E-state index in [4.69, 9.17) is 5.73 Å². The highest BCUT2D eigenvalue weighted by molar-refractivity contribution is 5.81. The van der Waals surface area contributed by atoms with Gasteiger partial charge in [-0.1, -0.05) is 6.07 Å². The molecule has 0 unspecified atom stereocenters. The maximum Gasteiger partial charge on any atom is 0.0649 e. The van der Waals surface area contributed by atoms with E-state index in [2.05, 4.69) is 34.5 Å². The van der Waals surface area contributed by atoms with Gasteiger partial charge in [0.1, 0.15) is 0 Å². The molecule has 3 nitrogen and oxygen atoms in total. The van der Waals surface area contributed by atoms with Gasteiger partial charge >= 0.3 is 0 Å². The van der Waals surface area contributed by atoms with Gasteiger partial charge in [0.25, 0.3) is 0 Å². The van der Waals surface area contributed by atoms with Crippen LogP contribution in [0.15, 0.2) is 36.4 Å². The number of hydrogen-bond acceptors (Lipinski definition) is 3. The topological polar surface area (TPSA) is 41.3 Å². The molecule has 114 valence electrons.